The Balaban J connectivity index is 1.87. The molecule has 3 rings (SSSR count). The highest BCUT2D eigenvalue weighted by Crippen LogP contribution is 2.23. The number of likely N-dealkylation sites (tertiary alicyclic amines) is 1. The molecule has 8 N–H and O–H groups in total. The van der Waals surface area contributed by atoms with Crippen LogP contribution >= 0.6 is 0 Å². The highest BCUT2D eigenvalue weighted by atomic mass is 16.4. The molecule has 0 bridgehead atoms. The number of nitrogens with one attached hydrogen (secondary N) is 3. The molecule has 0 radical (unpaired) electrons. The zero-order chi connectivity index (χ0) is 28.0. The van der Waals surface area contributed by atoms with Gasteiger partial charge < -0.3 is 41.6 Å². The normalized spacial score (nSPS) is 17.4. The third-order valence-electron chi connectivity index (χ3n) is 6.28. The zero-order valence-corrected chi connectivity index (χ0v) is 20.3. The Hall–Kier alpha value is -4.46. The second-order valence-corrected chi connectivity index (χ2v) is 9.02. The largest absolute Gasteiger partial charge is 0.481 e. The summed E-state index contributed by atoms with van der Waals surface area (Å²) in [6.45, 7) is 0.162. The van der Waals surface area contributed by atoms with E-state index in [0.717, 1.165) is 15.8 Å². The van der Waals surface area contributed by atoms with E-state index in [4.69, 9.17) is 10.8 Å². The third kappa shape index (κ3) is 6.85. The molecule has 2 aromatic rings. The van der Waals surface area contributed by atoms with E-state index in [0.29, 0.717) is 12.0 Å². The SMILES string of the molecule is NC(CC(=O)O)C(=O)NC(CC(=O)O)C(=O)NC(Cc1c[nH]c2ccccc12)C(=O)N1CCCC1C(=O)O. The van der Waals surface area contributed by atoms with Crippen molar-refractivity contribution in [1.29, 1.82) is 0 Å². The topological polar surface area (TPSA) is 232 Å². The molecular weight excluding hydrogens is 502 g/mol. The Kier molecular flexibility index (Phi) is 9.02. The number of carbonyl (C=O) groups excluding carboxylic acids is 3. The zero-order valence-electron chi connectivity index (χ0n) is 20.3. The van der Waals surface area contributed by atoms with Crippen LogP contribution in [0.5, 0.6) is 0 Å². The number of H-pyrrole nitrogens is 1. The predicted octanol–water partition coefficient (Wildman–Crippen LogP) is -0.968. The monoisotopic (exact) mass is 531 g/mol. The van der Waals surface area contributed by atoms with E-state index < -0.39 is 72.6 Å². The molecule has 1 fully saturated rings. The summed E-state index contributed by atoms with van der Waals surface area (Å²) < 4.78 is 0. The highest BCUT2D eigenvalue weighted by Gasteiger charge is 2.39. The van der Waals surface area contributed by atoms with Crippen molar-refractivity contribution in [2.75, 3.05) is 6.54 Å². The standard InChI is InChI=1S/C24H29N5O9/c25-14(9-19(30)31)21(34)27-16(10-20(32)33)22(35)28-17(23(36)29-7-3-6-18(29)24(37)38)8-12-11-26-15-5-2-1-4-13(12)15/h1-2,4-5,11,14,16-18,26H,3,6-10,25H2,(H,27,34)(H,28,35)(H,30,31)(H,32,33)(H,37,38). The number of fused-ring (bicyclic) bond motifs is 1. The first-order valence-electron chi connectivity index (χ1n) is 11.9. The fourth-order valence-electron chi connectivity index (χ4n) is 4.42. The second kappa shape index (κ2) is 12.2. The molecule has 14 nitrogen and oxygen atoms in total. The van der Waals surface area contributed by atoms with Gasteiger partial charge in [0.25, 0.3) is 0 Å². The number of hydrogen-bond donors (Lipinski definition) is 7. The van der Waals surface area contributed by atoms with E-state index in [9.17, 15) is 39.0 Å². The minimum Gasteiger partial charge on any atom is -0.481 e. The molecule has 0 spiro atoms. The molecule has 4 unspecified atom stereocenters. The Morgan fingerprint density at radius 2 is 1.63 bits per heavy atom. The second-order valence-electron chi connectivity index (χ2n) is 9.02. The number of carboxylic acid groups (broad SMARTS) is 3. The first-order valence-corrected chi connectivity index (χ1v) is 11.9. The maximum Gasteiger partial charge on any atom is 0.326 e. The molecule has 4 atom stereocenters. The van der Waals surface area contributed by atoms with E-state index >= 15 is 0 Å². The van der Waals surface area contributed by atoms with Gasteiger partial charge in [-0.2, -0.15) is 0 Å². The van der Waals surface area contributed by atoms with Gasteiger partial charge >= 0.3 is 17.9 Å². The fourth-order valence-corrected chi connectivity index (χ4v) is 4.42. The molecular formula is C24H29N5O9. The summed E-state index contributed by atoms with van der Waals surface area (Å²) in [7, 11) is 0. The molecule has 204 valence electrons. The van der Waals surface area contributed by atoms with Gasteiger partial charge in [-0.05, 0) is 24.5 Å². The number of benzene rings is 1. The van der Waals surface area contributed by atoms with Gasteiger partial charge in [0.2, 0.25) is 17.7 Å². The first kappa shape index (κ1) is 28.1. The smallest absolute Gasteiger partial charge is 0.326 e. The Labute approximate surface area is 216 Å². The van der Waals surface area contributed by atoms with Gasteiger partial charge in [-0.15, -0.1) is 0 Å². The van der Waals surface area contributed by atoms with Crippen LogP contribution in [0.15, 0.2) is 30.5 Å². The maximum atomic E-state index is 13.5. The molecule has 2 heterocycles. The third-order valence-corrected chi connectivity index (χ3v) is 6.28. The van der Waals surface area contributed by atoms with Crippen LogP contribution in [0.2, 0.25) is 0 Å². The van der Waals surface area contributed by atoms with Crippen LogP contribution in [0.1, 0.15) is 31.2 Å². The number of nitrogens with zero attached hydrogens (tertiary/aromatic N) is 1. The summed E-state index contributed by atoms with van der Waals surface area (Å²) in [6.07, 6.45) is 0.678. The lowest BCUT2D eigenvalue weighted by Crippen LogP contribution is -2.58. The van der Waals surface area contributed by atoms with Gasteiger partial charge in [-0.3, -0.25) is 24.0 Å². The first-order chi connectivity index (χ1) is 18.0. The van der Waals surface area contributed by atoms with Crippen LogP contribution in [0, 0.1) is 0 Å². The van der Waals surface area contributed by atoms with Crippen LogP contribution < -0.4 is 16.4 Å². The maximum absolute atomic E-state index is 13.5. The molecule has 1 aliphatic heterocycles. The summed E-state index contributed by atoms with van der Waals surface area (Å²) in [4.78, 5) is 77.1. The average Bonchev–Trinajstić information content (AvgIpc) is 3.50. The number of carbonyl (C=O) groups is 6. The van der Waals surface area contributed by atoms with Crippen molar-refractivity contribution >= 4 is 46.5 Å². The number of aromatic amines is 1. The molecule has 3 amide bonds. The van der Waals surface area contributed by atoms with Gasteiger partial charge in [-0.1, -0.05) is 18.2 Å². The van der Waals surface area contributed by atoms with Gasteiger partial charge in [-0.25, -0.2) is 4.79 Å². The van der Waals surface area contributed by atoms with E-state index in [1.165, 1.54) is 0 Å². The molecule has 1 aromatic carbocycles. The van der Waals surface area contributed by atoms with Crippen LogP contribution in [-0.4, -0.2) is 91.5 Å². The Morgan fingerprint density at radius 3 is 2.29 bits per heavy atom. The summed E-state index contributed by atoms with van der Waals surface area (Å²) in [5.74, 6) is -6.74. The molecule has 0 aliphatic carbocycles. The molecule has 1 aromatic heterocycles. The predicted molar refractivity (Wildman–Crippen MR) is 131 cm³/mol. The van der Waals surface area contributed by atoms with Crippen LogP contribution in [-0.2, 0) is 35.2 Å². The Morgan fingerprint density at radius 1 is 0.974 bits per heavy atom. The van der Waals surface area contributed by atoms with Crippen molar-refractivity contribution in [3.63, 3.8) is 0 Å². The van der Waals surface area contributed by atoms with Crippen molar-refractivity contribution in [2.24, 2.45) is 5.73 Å². The van der Waals surface area contributed by atoms with Crippen LogP contribution in [0.25, 0.3) is 10.9 Å². The quantitative estimate of drug-likeness (QED) is 0.177. The van der Waals surface area contributed by atoms with E-state index in [-0.39, 0.29) is 19.4 Å². The minimum atomic E-state index is -1.67. The lowest BCUT2D eigenvalue weighted by Gasteiger charge is -2.28. The van der Waals surface area contributed by atoms with E-state index in [1.54, 1.807) is 18.3 Å². The highest BCUT2D eigenvalue weighted by molar-refractivity contribution is 5.97. The molecule has 0 saturated carbocycles. The number of rotatable bonds is 12. The van der Waals surface area contributed by atoms with E-state index in [2.05, 4.69) is 15.6 Å². The number of aromatic nitrogens is 1. The van der Waals surface area contributed by atoms with Crippen molar-refractivity contribution in [3.05, 3.63) is 36.0 Å². The number of carboxylic acids is 3. The lowest BCUT2D eigenvalue weighted by molar-refractivity contribution is -0.149. The lowest BCUT2D eigenvalue weighted by atomic mass is 10.0. The molecule has 1 aliphatic rings. The van der Waals surface area contributed by atoms with Crippen molar-refractivity contribution in [3.8, 4) is 0 Å². The number of aliphatic carboxylic acids is 3. The van der Waals surface area contributed by atoms with Gasteiger partial charge in [0.05, 0.1) is 18.9 Å². The van der Waals surface area contributed by atoms with Crippen molar-refractivity contribution < 1.29 is 44.1 Å². The summed E-state index contributed by atoms with van der Waals surface area (Å²) in [5.41, 5.74) is 6.94. The molecule has 1 saturated heterocycles. The van der Waals surface area contributed by atoms with Gasteiger partial charge in [0.1, 0.15) is 18.1 Å². The number of para-hydroxylation sites is 1. The van der Waals surface area contributed by atoms with Gasteiger partial charge in [0.15, 0.2) is 0 Å². The van der Waals surface area contributed by atoms with Crippen molar-refractivity contribution in [1.82, 2.24) is 20.5 Å². The van der Waals surface area contributed by atoms with Gasteiger partial charge in [0, 0.05) is 30.1 Å². The fraction of sp³-hybridized carbons (Fsp3) is 0.417. The number of amides is 3. The minimum absolute atomic E-state index is 0.0519. The summed E-state index contributed by atoms with van der Waals surface area (Å²) in [5, 5.41) is 33.0. The number of hydrogen-bond acceptors (Lipinski definition) is 7. The average molecular weight is 532 g/mol. The molecule has 14 heteroatoms. The number of nitrogens with two attached hydrogens (primary N) is 1. The Bertz CT molecular complexity index is 1240. The van der Waals surface area contributed by atoms with Crippen LogP contribution in [0.3, 0.4) is 0 Å². The molecule has 38 heavy (non-hydrogen) atoms. The van der Waals surface area contributed by atoms with E-state index in [1.807, 2.05) is 12.1 Å². The summed E-state index contributed by atoms with van der Waals surface area (Å²) >= 11 is 0. The van der Waals surface area contributed by atoms with Crippen molar-refractivity contribution in [2.45, 2.75) is 56.3 Å². The summed E-state index contributed by atoms with van der Waals surface area (Å²) in [6, 6.07) is 1.63. The van der Waals surface area contributed by atoms with Crippen LogP contribution in [0.4, 0.5) is 0 Å².